The molecule has 3 fully saturated rings. The highest BCUT2D eigenvalue weighted by Gasteiger charge is 2.69. The Hall–Kier alpha value is -2.51. The van der Waals surface area contributed by atoms with Crippen molar-refractivity contribution in [2.24, 2.45) is 29.6 Å². The Labute approximate surface area is 200 Å². The van der Waals surface area contributed by atoms with Gasteiger partial charge in [0.2, 0.25) is 11.8 Å². The van der Waals surface area contributed by atoms with E-state index in [1.807, 2.05) is 17.8 Å². The van der Waals surface area contributed by atoms with Gasteiger partial charge in [-0.05, 0) is 54.0 Å². The number of rotatable bonds is 2. The number of nitrogens with zero attached hydrogens (tertiary/aromatic N) is 1. The van der Waals surface area contributed by atoms with Gasteiger partial charge in [0.1, 0.15) is 0 Å². The van der Waals surface area contributed by atoms with Crippen LogP contribution in [-0.2, 0) is 14.4 Å². The summed E-state index contributed by atoms with van der Waals surface area (Å²) in [6, 6.07) is 17.4. The van der Waals surface area contributed by atoms with E-state index < -0.39 is 0 Å². The molecule has 7 heteroatoms. The molecule has 2 aromatic carbocycles. The van der Waals surface area contributed by atoms with E-state index in [0.717, 1.165) is 6.42 Å². The Morgan fingerprint density at radius 3 is 2.30 bits per heavy atom. The molecule has 2 N–H and O–H groups in total. The van der Waals surface area contributed by atoms with Gasteiger partial charge in [0.05, 0.1) is 17.5 Å². The van der Waals surface area contributed by atoms with Crippen molar-refractivity contribution in [2.75, 3.05) is 10.6 Å². The molecule has 2 bridgehead atoms. The van der Waals surface area contributed by atoms with Crippen molar-refractivity contribution in [3.63, 3.8) is 0 Å². The predicted molar refractivity (Wildman–Crippen MR) is 130 cm³/mol. The van der Waals surface area contributed by atoms with Gasteiger partial charge in [0, 0.05) is 33.1 Å². The molecule has 5 aliphatic rings. The number of nitrogens with two attached hydrogens (primary N) is 1. The molecule has 3 aliphatic heterocycles. The molecule has 0 aromatic heterocycles. The van der Waals surface area contributed by atoms with Crippen LogP contribution in [0.4, 0.5) is 11.4 Å². The minimum Gasteiger partial charge on any atom is -0.399 e. The number of carbonyl (C=O) groups excluding carboxylic acids is 3. The molecule has 33 heavy (non-hydrogen) atoms. The molecule has 2 aliphatic carbocycles. The van der Waals surface area contributed by atoms with Gasteiger partial charge >= 0.3 is 0 Å². The van der Waals surface area contributed by atoms with Gasteiger partial charge in [-0.25, -0.2) is 0 Å². The fourth-order valence-corrected chi connectivity index (χ4v) is 10.3. The molecule has 3 heterocycles. The summed E-state index contributed by atoms with van der Waals surface area (Å²) in [6.07, 6.45) is 1.42. The number of hydrogen-bond acceptors (Lipinski definition) is 6. The lowest BCUT2D eigenvalue weighted by atomic mass is 9.68. The fraction of sp³-hybridized carbons (Fsp3) is 0.346. The maximum absolute atomic E-state index is 13.7. The van der Waals surface area contributed by atoms with Crippen molar-refractivity contribution in [1.29, 1.82) is 0 Å². The molecule has 7 atom stereocenters. The number of nitrogen functional groups attached to an aromatic ring is 1. The van der Waals surface area contributed by atoms with Crippen LogP contribution in [0.3, 0.4) is 0 Å². The Morgan fingerprint density at radius 1 is 0.879 bits per heavy atom. The molecule has 0 unspecified atom stereocenters. The molecule has 0 spiro atoms. The predicted octanol–water partition coefficient (Wildman–Crippen LogP) is 4.41. The second-order valence-corrected chi connectivity index (χ2v) is 12.1. The van der Waals surface area contributed by atoms with Gasteiger partial charge < -0.3 is 5.73 Å². The summed E-state index contributed by atoms with van der Waals surface area (Å²) in [7, 11) is 0. The lowest BCUT2D eigenvalue weighted by Gasteiger charge is -2.44. The third kappa shape index (κ3) is 2.66. The maximum Gasteiger partial charge on any atom is 0.238 e. The van der Waals surface area contributed by atoms with E-state index in [-0.39, 0.29) is 57.7 Å². The van der Waals surface area contributed by atoms with Crippen LogP contribution in [-0.4, -0.2) is 22.2 Å². The van der Waals surface area contributed by atoms with Gasteiger partial charge in [0.25, 0.3) is 0 Å². The molecule has 7 rings (SSSR count). The lowest BCUT2D eigenvalue weighted by Crippen LogP contribution is -2.42. The van der Waals surface area contributed by atoms with Crippen LogP contribution < -0.4 is 10.6 Å². The number of thioether (sulfide) groups is 2. The van der Waals surface area contributed by atoms with E-state index in [1.54, 1.807) is 24.3 Å². The van der Waals surface area contributed by atoms with Gasteiger partial charge in [-0.15, -0.1) is 11.8 Å². The topological polar surface area (TPSA) is 80.5 Å². The number of benzene rings is 2. The van der Waals surface area contributed by atoms with Crippen LogP contribution in [0.15, 0.2) is 64.4 Å². The van der Waals surface area contributed by atoms with Gasteiger partial charge in [-0.1, -0.05) is 42.1 Å². The molecule has 2 amide bonds. The zero-order valence-corrected chi connectivity index (χ0v) is 19.4. The van der Waals surface area contributed by atoms with Crippen LogP contribution in [0, 0.1) is 29.6 Å². The first-order chi connectivity index (χ1) is 16.0. The summed E-state index contributed by atoms with van der Waals surface area (Å²) in [5, 5.41) is 0.484. The maximum atomic E-state index is 13.7. The van der Waals surface area contributed by atoms with Gasteiger partial charge in [-0.2, -0.15) is 0 Å². The Morgan fingerprint density at radius 2 is 1.58 bits per heavy atom. The molecule has 1 saturated heterocycles. The molecule has 2 aromatic rings. The number of anilines is 2. The molecule has 166 valence electrons. The second-order valence-electron chi connectivity index (χ2n) is 9.70. The summed E-state index contributed by atoms with van der Waals surface area (Å²) in [5.74, 6) is 0.0860. The second kappa shape index (κ2) is 7.00. The first-order valence-corrected chi connectivity index (χ1v) is 13.1. The minimum atomic E-state index is -0.266. The third-order valence-corrected chi connectivity index (χ3v) is 11.0. The molecular formula is C26H22N2O3S2. The Balaban J connectivity index is 1.30. The summed E-state index contributed by atoms with van der Waals surface area (Å²) < 4.78 is 0. The number of fused-ring (bicyclic) bond motifs is 8. The van der Waals surface area contributed by atoms with Crippen LogP contribution in [0.25, 0.3) is 0 Å². The van der Waals surface area contributed by atoms with Crippen LogP contribution >= 0.6 is 23.5 Å². The van der Waals surface area contributed by atoms with Crippen molar-refractivity contribution in [1.82, 2.24) is 0 Å². The Bertz CT molecular complexity index is 1240. The highest BCUT2D eigenvalue weighted by Crippen LogP contribution is 2.70. The van der Waals surface area contributed by atoms with E-state index in [2.05, 4.69) is 24.3 Å². The van der Waals surface area contributed by atoms with E-state index in [0.29, 0.717) is 17.8 Å². The number of imide groups is 1. The van der Waals surface area contributed by atoms with Crippen LogP contribution in [0.5, 0.6) is 0 Å². The fourth-order valence-electron chi connectivity index (χ4n) is 7.11. The summed E-state index contributed by atoms with van der Waals surface area (Å²) in [5.41, 5.74) is 8.27. The zero-order chi connectivity index (χ0) is 22.4. The lowest BCUT2D eigenvalue weighted by molar-refractivity contribution is -0.123. The highest BCUT2D eigenvalue weighted by atomic mass is 32.2. The first-order valence-electron chi connectivity index (χ1n) is 11.4. The Kier molecular flexibility index (Phi) is 4.22. The molecule has 0 radical (unpaired) electrons. The highest BCUT2D eigenvalue weighted by molar-refractivity contribution is 8.18. The average Bonchev–Trinajstić information content (AvgIpc) is 3.54. The summed E-state index contributed by atoms with van der Waals surface area (Å²) >= 11 is 3.23. The molecular weight excluding hydrogens is 452 g/mol. The van der Waals surface area contributed by atoms with E-state index in [1.165, 1.54) is 32.0 Å². The average molecular weight is 475 g/mol. The van der Waals surface area contributed by atoms with E-state index in [9.17, 15) is 14.4 Å². The summed E-state index contributed by atoms with van der Waals surface area (Å²) in [4.78, 5) is 43.4. The normalized spacial score (nSPS) is 36.4. The van der Waals surface area contributed by atoms with E-state index in [4.69, 9.17) is 5.73 Å². The standard InChI is InChI=1S/C26H22N2O3S2/c27-13-6-8-14(9-7-13)28-25(30)21-15-10-16(22(21)26(28)31)23-20(15)19(12-4-2-1-3-5-12)24-17(32-23)11-18(29)33-24/h1-9,15-16,19-23H,10-11,27H2/t15-,16-,19-,20-,21+,22-,23-/m1/s1. The third-order valence-electron chi connectivity index (χ3n) is 8.22. The SMILES string of the molecule is Nc1ccc(N2C(=O)[C@@H]3[C@H]4C[C@@H]([C@@H]3C2=O)[C@H]2[C@@H]4SC3=C(SC(=O)C3)[C@@H]2c2ccccc2)cc1. The van der Waals surface area contributed by atoms with Crippen molar-refractivity contribution in [3.05, 3.63) is 70.0 Å². The smallest absolute Gasteiger partial charge is 0.238 e. The van der Waals surface area contributed by atoms with Crippen molar-refractivity contribution in [3.8, 4) is 0 Å². The number of amides is 2. The largest absolute Gasteiger partial charge is 0.399 e. The van der Waals surface area contributed by atoms with Crippen LogP contribution in [0.1, 0.15) is 24.3 Å². The van der Waals surface area contributed by atoms with Gasteiger partial charge in [-0.3, -0.25) is 19.3 Å². The summed E-state index contributed by atoms with van der Waals surface area (Å²) in [6.45, 7) is 0. The van der Waals surface area contributed by atoms with Crippen molar-refractivity contribution in [2.45, 2.75) is 24.0 Å². The number of carbonyl (C=O) groups is 3. The molecule has 2 saturated carbocycles. The minimum absolute atomic E-state index is 0.0609. The molecule has 5 nitrogen and oxygen atoms in total. The first kappa shape index (κ1) is 19.9. The van der Waals surface area contributed by atoms with Crippen LogP contribution in [0.2, 0.25) is 0 Å². The monoisotopic (exact) mass is 474 g/mol. The van der Waals surface area contributed by atoms with Crippen molar-refractivity contribution < 1.29 is 14.4 Å². The number of hydrogen-bond donors (Lipinski definition) is 1. The van der Waals surface area contributed by atoms with E-state index >= 15 is 0 Å². The van der Waals surface area contributed by atoms with Crippen molar-refractivity contribution >= 4 is 51.8 Å². The quantitative estimate of drug-likeness (QED) is 0.513. The zero-order valence-electron chi connectivity index (χ0n) is 17.7. The van der Waals surface area contributed by atoms with Gasteiger partial charge in [0.15, 0.2) is 5.12 Å². The number of allylic oxidation sites excluding steroid dienone is 2.